The number of halogens is 1. The molecule has 27 heavy (non-hydrogen) atoms. The zero-order valence-corrected chi connectivity index (χ0v) is 17.0. The van der Waals surface area contributed by atoms with Gasteiger partial charge in [-0.1, -0.05) is 19.1 Å². The third kappa shape index (κ3) is 4.10. The van der Waals surface area contributed by atoms with E-state index in [9.17, 15) is 21.2 Å². The maximum absolute atomic E-state index is 13.3. The lowest BCUT2D eigenvalue weighted by Gasteiger charge is -2.04. The summed E-state index contributed by atoms with van der Waals surface area (Å²) in [6.45, 7) is 1.54. The Balaban J connectivity index is 2.20. The second kappa shape index (κ2) is 7.14. The van der Waals surface area contributed by atoms with Gasteiger partial charge in [0, 0.05) is 11.8 Å². The van der Waals surface area contributed by atoms with Gasteiger partial charge in [-0.25, -0.2) is 26.2 Å². The molecule has 0 radical (unpaired) electrons. The Morgan fingerprint density at radius 1 is 0.926 bits per heavy atom. The molecule has 9 heteroatoms. The topological polar surface area (TPSA) is 81.2 Å². The Bertz CT molecular complexity index is 1180. The van der Waals surface area contributed by atoms with Gasteiger partial charge < -0.3 is 0 Å². The Morgan fingerprint density at radius 2 is 1.48 bits per heavy atom. The van der Waals surface area contributed by atoms with Crippen LogP contribution in [0.1, 0.15) is 6.92 Å². The number of sulfone groups is 2. The van der Waals surface area contributed by atoms with Crippen molar-refractivity contribution in [2.24, 2.45) is 0 Å². The lowest BCUT2D eigenvalue weighted by molar-refractivity contribution is 0.596. The smallest absolute Gasteiger partial charge is 0.210 e. The van der Waals surface area contributed by atoms with Crippen LogP contribution in [0.15, 0.2) is 57.8 Å². The minimum Gasteiger partial charge on any atom is -0.224 e. The van der Waals surface area contributed by atoms with E-state index in [2.05, 4.69) is 4.98 Å². The molecular formula is C18H16FNO4S3. The molecule has 142 valence electrons. The van der Waals surface area contributed by atoms with Crippen molar-refractivity contribution < 1.29 is 21.2 Å². The van der Waals surface area contributed by atoms with E-state index < -0.39 is 25.5 Å². The molecular weight excluding hydrogens is 409 g/mol. The van der Waals surface area contributed by atoms with Crippen molar-refractivity contribution in [3.8, 4) is 21.7 Å². The fraction of sp³-hybridized carbons (Fsp3) is 0.167. The van der Waals surface area contributed by atoms with Gasteiger partial charge in [0.25, 0.3) is 0 Å². The van der Waals surface area contributed by atoms with Gasteiger partial charge in [0.1, 0.15) is 5.82 Å². The first kappa shape index (κ1) is 19.7. The predicted octanol–water partition coefficient (Wildman–Crippen LogP) is 3.81. The molecule has 0 N–H and O–H groups in total. The molecule has 0 saturated carbocycles. The molecule has 3 rings (SSSR count). The fourth-order valence-corrected chi connectivity index (χ4v) is 5.45. The SMILES string of the molecule is CCS(=O)(=O)c1nc(-c2ccc(F)cc2)c(-c2ccc(S(C)(=O)=O)cc2)s1. The van der Waals surface area contributed by atoms with Gasteiger partial charge >= 0.3 is 0 Å². The molecule has 1 heterocycles. The minimum absolute atomic E-state index is 0.0217. The van der Waals surface area contributed by atoms with Crippen LogP contribution in [-0.4, -0.2) is 33.8 Å². The molecule has 0 aliphatic rings. The number of aromatic nitrogens is 1. The van der Waals surface area contributed by atoms with E-state index in [0.717, 1.165) is 17.6 Å². The Hall–Kier alpha value is -2.10. The van der Waals surface area contributed by atoms with E-state index in [1.807, 2.05) is 0 Å². The van der Waals surface area contributed by atoms with Gasteiger partial charge in [-0.15, -0.1) is 11.3 Å². The van der Waals surface area contributed by atoms with Crippen molar-refractivity contribution in [2.45, 2.75) is 16.2 Å². The predicted molar refractivity (Wildman–Crippen MR) is 104 cm³/mol. The minimum atomic E-state index is -3.52. The zero-order chi connectivity index (χ0) is 19.8. The highest BCUT2D eigenvalue weighted by atomic mass is 32.2. The van der Waals surface area contributed by atoms with Gasteiger partial charge in [-0.2, -0.15) is 0 Å². The quantitative estimate of drug-likeness (QED) is 0.621. The largest absolute Gasteiger partial charge is 0.224 e. The van der Waals surface area contributed by atoms with Gasteiger partial charge in [0.2, 0.25) is 14.2 Å². The Kier molecular flexibility index (Phi) is 5.20. The van der Waals surface area contributed by atoms with Gasteiger partial charge in [-0.05, 0) is 42.0 Å². The highest BCUT2D eigenvalue weighted by Gasteiger charge is 2.23. The van der Waals surface area contributed by atoms with Gasteiger partial charge in [-0.3, -0.25) is 0 Å². The van der Waals surface area contributed by atoms with E-state index in [1.165, 1.54) is 43.3 Å². The maximum Gasteiger partial charge on any atom is 0.210 e. The second-order valence-electron chi connectivity index (χ2n) is 5.86. The van der Waals surface area contributed by atoms with E-state index >= 15 is 0 Å². The Labute approximate surface area is 161 Å². The van der Waals surface area contributed by atoms with Crippen molar-refractivity contribution >= 4 is 31.0 Å². The summed E-state index contributed by atoms with van der Waals surface area (Å²) in [5.74, 6) is -0.495. The first-order valence-electron chi connectivity index (χ1n) is 7.92. The number of hydrogen-bond donors (Lipinski definition) is 0. The number of nitrogens with zero attached hydrogens (tertiary/aromatic N) is 1. The standard InChI is InChI=1S/C18H16FNO4S3/c1-3-27(23,24)18-20-16(12-4-8-14(19)9-5-12)17(25-18)13-6-10-15(11-7-13)26(2,21)22/h4-11H,3H2,1-2H3. The van der Waals surface area contributed by atoms with E-state index in [0.29, 0.717) is 21.7 Å². The van der Waals surface area contributed by atoms with Crippen LogP contribution in [0.5, 0.6) is 0 Å². The molecule has 2 aromatic carbocycles. The lowest BCUT2D eigenvalue weighted by Crippen LogP contribution is -2.02. The van der Waals surface area contributed by atoms with Gasteiger partial charge in [0.15, 0.2) is 9.84 Å². The summed E-state index contributed by atoms with van der Waals surface area (Å²) >= 11 is 1.01. The van der Waals surface area contributed by atoms with Crippen LogP contribution in [-0.2, 0) is 19.7 Å². The third-order valence-corrected chi connectivity index (χ3v) is 8.34. The van der Waals surface area contributed by atoms with Crippen molar-refractivity contribution in [2.75, 3.05) is 12.0 Å². The summed E-state index contributed by atoms with van der Waals surface area (Å²) in [6, 6.07) is 11.8. The van der Waals surface area contributed by atoms with Crippen LogP contribution < -0.4 is 0 Å². The van der Waals surface area contributed by atoms with Crippen LogP contribution in [0, 0.1) is 5.82 Å². The zero-order valence-electron chi connectivity index (χ0n) is 14.5. The summed E-state index contributed by atoms with van der Waals surface area (Å²) in [5.41, 5.74) is 1.63. The van der Waals surface area contributed by atoms with E-state index in [1.54, 1.807) is 12.1 Å². The van der Waals surface area contributed by atoms with Crippen LogP contribution in [0.4, 0.5) is 4.39 Å². The fourth-order valence-electron chi connectivity index (χ4n) is 2.41. The number of hydrogen-bond acceptors (Lipinski definition) is 6. The van der Waals surface area contributed by atoms with Gasteiger partial charge in [0.05, 0.1) is 21.2 Å². The van der Waals surface area contributed by atoms with E-state index in [-0.39, 0.29) is 15.0 Å². The molecule has 0 amide bonds. The molecule has 0 spiro atoms. The Morgan fingerprint density at radius 3 is 2.00 bits per heavy atom. The number of thiazole rings is 1. The third-order valence-electron chi connectivity index (χ3n) is 3.92. The van der Waals surface area contributed by atoms with Crippen LogP contribution in [0.3, 0.4) is 0 Å². The molecule has 0 aliphatic heterocycles. The highest BCUT2D eigenvalue weighted by molar-refractivity contribution is 7.93. The summed E-state index contributed by atoms with van der Waals surface area (Å²) in [6.07, 6.45) is 1.12. The first-order valence-corrected chi connectivity index (χ1v) is 12.3. The molecule has 0 atom stereocenters. The normalized spacial score (nSPS) is 12.3. The first-order chi connectivity index (χ1) is 12.6. The average Bonchev–Trinajstić information content (AvgIpc) is 3.08. The van der Waals surface area contributed by atoms with Crippen LogP contribution >= 0.6 is 11.3 Å². The molecule has 3 aromatic rings. The summed E-state index contributed by atoms with van der Waals surface area (Å²) < 4.78 is 61.1. The van der Waals surface area contributed by atoms with Crippen LogP contribution in [0.2, 0.25) is 0 Å². The molecule has 1 aromatic heterocycles. The summed E-state index contributed by atoms with van der Waals surface area (Å²) in [5, 5.41) is 0. The maximum atomic E-state index is 13.3. The number of benzene rings is 2. The highest BCUT2D eigenvalue weighted by Crippen LogP contribution is 2.39. The summed E-state index contributed by atoms with van der Waals surface area (Å²) in [4.78, 5) is 5.03. The monoisotopic (exact) mass is 425 g/mol. The molecule has 0 bridgehead atoms. The second-order valence-corrected chi connectivity index (χ2v) is 11.3. The molecule has 0 aliphatic carbocycles. The van der Waals surface area contributed by atoms with Crippen molar-refractivity contribution in [3.63, 3.8) is 0 Å². The van der Waals surface area contributed by atoms with Crippen molar-refractivity contribution in [1.29, 1.82) is 0 Å². The summed E-state index contributed by atoms with van der Waals surface area (Å²) in [7, 11) is -6.86. The molecule has 0 fully saturated rings. The van der Waals surface area contributed by atoms with E-state index in [4.69, 9.17) is 0 Å². The van der Waals surface area contributed by atoms with Crippen molar-refractivity contribution in [1.82, 2.24) is 4.98 Å². The number of rotatable bonds is 5. The lowest BCUT2D eigenvalue weighted by atomic mass is 10.1. The molecule has 5 nitrogen and oxygen atoms in total. The average molecular weight is 426 g/mol. The van der Waals surface area contributed by atoms with Crippen LogP contribution in [0.25, 0.3) is 21.7 Å². The van der Waals surface area contributed by atoms with Crippen molar-refractivity contribution in [3.05, 3.63) is 54.3 Å². The molecule has 0 saturated heterocycles. The molecule has 0 unspecified atom stereocenters.